The Bertz CT molecular complexity index is 540. The summed E-state index contributed by atoms with van der Waals surface area (Å²) < 4.78 is 0. The zero-order chi connectivity index (χ0) is 15.6. The van der Waals surface area contributed by atoms with Crippen LogP contribution in [0.3, 0.4) is 0 Å². The van der Waals surface area contributed by atoms with Crippen LogP contribution in [-0.4, -0.2) is 48.3 Å². The van der Waals surface area contributed by atoms with Crippen molar-refractivity contribution in [3.8, 4) is 0 Å². The van der Waals surface area contributed by atoms with E-state index in [9.17, 15) is 9.59 Å². The maximum Gasteiger partial charge on any atom is 0.244 e. The van der Waals surface area contributed by atoms with Crippen molar-refractivity contribution in [3.05, 3.63) is 33.8 Å². The summed E-state index contributed by atoms with van der Waals surface area (Å²) in [4.78, 5) is 27.8. The lowest BCUT2D eigenvalue weighted by atomic mass is 10.1. The van der Waals surface area contributed by atoms with Crippen molar-refractivity contribution in [1.29, 1.82) is 0 Å². The lowest BCUT2D eigenvalue weighted by Gasteiger charge is -2.26. The number of likely N-dealkylation sites (N-methyl/N-ethyl adjacent to an activating group) is 1. The second-order valence-corrected chi connectivity index (χ2v) is 6.17. The Balaban J connectivity index is 2.14. The third kappa shape index (κ3) is 3.50. The molecule has 0 saturated carbocycles. The predicted molar refractivity (Wildman–Crippen MR) is 83.6 cm³/mol. The van der Waals surface area contributed by atoms with Gasteiger partial charge < -0.3 is 9.80 Å². The lowest BCUT2D eigenvalue weighted by Crippen LogP contribution is -2.46. The van der Waals surface area contributed by atoms with Crippen LogP contribution in [0.25, 0.3) is 0 Å². The second-order valence-electron chi connectivity index (χ2n) is 5.35. The Morgan fingerprint density at radius 3 is 2.48 bits per heavy atom. The van der Waals surface area contributed by atoms with E-state index in [2.05, 4.69) is 0 Å². The molecule has 2 amide bonds. The van der Waals surface area contributed by atoms with E-state index in [0.717, 1.165) is 6.42 Å². The summed E-state index contributed by atoms with van der Waals surface area (Å²) in [6.45, 7) is 0.602. The highest BCUT2D eigenvalue weighted by Crippen LogP contribution is 2.27. The first-order valence-electron chi connectivity index (χ1n) is 6.85. The third-order valence-electron chi connectivity index (χ3n) is 3.69. The number of carbonyl (C=O) groups is 2. The topological polar surface area (TPSA) is 40.6 Å². The molecule has 0 aromatic heterocycles. The first kappa shape index (κ1) is 16.1. The minimum Gasteiger partial charge on any atom is -0.347 e. The molecule has 0 bridgehead atoms. The van der Waals surface area contributed by atoms with Gasteiger partial charge in [0.25, 0.3) is 0 Å². The Hall–Kier alpha value is -1.26. The standard InChI is InChI=1S/C15H18Cl2N2O2/c1-18(2)15(21)13-7-4-8-19(13)14(20)9-10-11(16)5-3-6-12(10)17/h3,5-6,13H,4,7-9H2,1-2H3/t13-/m0/s1. The number of carbonyl (C=O) groups excluding carboxylic acids is 2. The van der Waals surface area contributed by atoms with E-state index < -0.39 is 0 Å². The molecular weight excluding hydrogens is 311 g/mol. The minimum absolute atomic E-state index is 0.0360. The first-order chi connectivity index (χ1) is 9.91. The number of halogens is 2. The van der Waals surface area contributed by atoms with Crippen molar-refractivity contribution in [2.75, 3.05) is 20.6 Å². The van der Waals surface area contributed by atoms with Crippen LogP contribution in [0.2, 0.25) is 10.0 Å². The molecule has 0 radical (unpaired) electrons. The smallest absolute Gasteiger partial charge is 0.244 e. The van der Waals surface area contributed by atoms with Gasteiger partial charge >= 0.3 is 0 Å². The monoisotopic (exact) mass is 328 g/mol. The molecule has 1 aliphatic heterocycles. The van der Waals surface area contributed by atoms with Gasteiger partial charge in [0.15, 0.2) is 0 Å². The summed E-state index contributed by atoms with van der Waals surface area (Å²) in [5.74, 6) is -0.145. The zero-order valence-electron chi connectivity index (χ0n) is 12.1. The van der Waals surface area contributed by atoms with E-state index in [-0.39, 0.29) is 24.3 Å². The third-order valence-corrected chi connectivity index (χ3v) is 4.40. The fourth-order valence-corrected chi connectivity index (χ4v) is 3.11. The van der Waals surface area contributed by atoms with Crippen molar-refractivity contribution in [1.82, 2.24) is 9.80 Å². The Morgan fingerprint density at radius 2 is 1.90 bits per heavy atom. The molecular formula is C15H18Cl2N2O2. The van der Waals surface area contributed by atoms with Gasteiger partial charge in [-0.2, -0.15) is 0 Å². The van der Waals surface area contributed by atoms with E-state index in [0.29, 0.717) is 28.6 Å². The summed E-state index contributed by atoms with van der Waals surface area (Å²) in [5.41, 5.74) is 0.619. The van der Waals surface area contributed by atoms with Crippen molar-refractivity contribution < 1.29 is 9.59 Å². The van der Waals surface area contributed by atoms with Gasteiger partial charge in [-0.25, -0.2) is 0 Å². The number of nitrogens with zero attached hydrogens (tertiary/aromatic N) is 2. The van der Waals surface area contributed by atoms with Gasteiger partial charge in [-0.05, 0) is 30.5 Å². The highest BCUT2D eigenvalue weighted by molar-refractivity contribution is 6.36. The molecule has 0 unspecified atom stereocenters. The van der Waals surface area contributed by atoms with Crippen molar-refractivity contribution >= 4 is 35.0 Å². The Labute approximate surface area is 134 Å². The van der Waals surface area contributed by atoms with E-state index in [1.165, 1.54) is 4.90 Å². The Kier molecular flexibility index (Phi) is 5.12. The largest absolute Gasteiger partial charge is 0.347 e. The molecule has 4 nitrogen and oxygen atoms in total. The molecule has 1 aliphatic rings. The van der Waals surface area contributed by atoms with Crippen LogP contribution in [0.1, 0.15) is 18.4 Å². The summed E-state index contributed by atoms with van der Waals surface area (Å²) in [7, 11) is 3.41. The molecule has 6 heteroatoms. The quantitative estimate of drug-likeness (QED) is 0.855. The van der Waals surface area contributed by atoms with Crippen LogP contribution in [0.15, 0.2) is 18.2 Å². The molecule has 0 N–H and O–H groups in total. The number of likely N-dealkylation sites (tertiary alicyclic amines) is 1. The molecule has 1 aromatic carbocycles. The molecule has 1 heterocycles. The SMILES string of the molecule is CN(C)C(=O)[C@@H]1CCCN1C(=O)Cc1c(Cl)cccc1Cl. The van der Waals surface area contributed by atoms with Crippen molar-refractivity contribution in [3.63, 3.8) is 0 Å². The average molecular weight is 329 g/mol. The normalized spacial score (nSPS) is 17.9. The van der Waals surface area contributed by atoms with Crippen LogP contribution in [0, 0.1) is 0 Å². The summed E-state index contributed by atoms with van der Waals surface area (Å²) >= 11 is 12.2. The molecule has 1 atom stereocenters. The molecule has 21 heavy (non-hydrogen) atoms. The van der Waals surface area contributed by atoms with Crippen LogP contribution in [0.4, 0.5) is 0 Å². The lowest BCUT2D eigenvalue weighted by molar-refractivity contribution is -0.141. The van der Waals surface area contributed by atoms with E-state index in [1.54, 1.807) is 37.2 Å². The van der Waals surface area contributed by atoms with Gasteiger partial charge in [0.1, 0.15) is 6.04 Å². The number of benzene rings is 1. The summed E-state index contributed by atoms with van der Waals surface area (Å²) in [5, 5.41) is 0.955. The number of amides is 2. The fraction of sp³-hybridized carbons (Fsp3) is 0.467. The highest BCUT2D eigenvalue weighted by atomic mass is 35.5. The van der Waals surface area contributed by atoms with Gasteiger partial charge in [-0.15, -0.1) is 0 Å². The van der Waals surface area contributed by atoms with Crippen molar-refractivity contribution in [2.24, 2.45) is 0 Å². The predicted octanol–water partition coefficient (Wildman–Crippen LogP) is 2.62. The van der Waals surface area contributed by atoms with Gasteiger partial charge in [0.05, 0.1) is 6.42 Å². The van der Waals surface area contributed by atoms with E-state index in [4.69, 9.17) is 23.2 Å². The Morgan fingerprint density at radius 1 is 1.29 bits per heavy atom. The number of rotatable bonds is 3. The maximum atomic E-state index is 12.5. The molecule has 1 fully saturated rings. The van der Waals surface area contributed by atoms with Crippen LogP contribution in [0.5, 0.6) is 0 Å². The van der Waals surface area contributed by atoms with Gasteiger partial charge in [-0.1, -0.05) is 29.3 Å². The van der Waals surface area contributed by atoms with Crippen LogP contribution < -0.4 is 0 Å². The second kappa shape index (κ2) is 6.67. The fourth-order valence-electron chi connectivity index (χ4n) is 2.57. The molecule has 1 saturated heterocycles. The van der Waals surface area contributed by atoms with Crippen LogP contribution in [-0.2, 0) is 16.0 Å². The highest BCUT2D eigenvalue weighted by Gasteiger charge is 2.35. The number of hydrogen-bond acceptors (Lipinski definition) is 2. The average Bonchev–Trinajstić information content (AvgIpc) is 2.91. The minimum atomic E-state index is -0.367. The van der Waals surface area contributed by atoms with Gasteiger partial charge in [0.2, 0.25) is 11.8 Å². The van der Waals surface area contributed by atoms with Crippen molar-refractivity contribution in [2.45, 2.75) is 25.3 Å². The van der Waals surface area contributed by atoms with Gasteiger partial charge in [-0.3, -0.25) is 9.59 Å². The number of hydrogen-bond donors (Lipinski definition) is 0. The molecule has 2 rings (SSSR count). The molecule has 0 aliphatic carbocycles. The molecule has 114 valence electrons. The van der Waals surface area contributed by atoms with E-state index in [1.807, 2.05) is 0 Å². The maximum absolute atomic E-state index is 12.5. The first-order valence-corrected chi connectivity index (χ1v) is 7.61. The van der Waals surface area contributed by atoms with E-state index >= 15 is 0 Å². The molecule has 0 spiro atoms. The summed E-state index contributed by atoms with van der Waals surface area (Å²) in [6.07, 6.45) is 1.67. The zero-order valence-corrected chi connectivity index (χ0v) is 13.6. The van der Waals surface area contributed by atoms with Crippen LogP contribution >= 0.6 is 23.2 Å². The summed E-state index contributed by atoms with van der Waals surface area (Å²) in [6, 6.07) is 4.80. The molecule has 1 aromatic rings. The van der Waals surface area contributed by atoms with Gasteiger partial charge in [0, 0.05) is 30.7 Å².